The quantitative estimate of drug-likeness (QED) is 0.454. The maximum atomic E-state index is 12.5. The van der Waals surface area contributed by atoms with E-state index in [9.17, 15) is 9.59 Å². The molecule has 0 fully saturated rings. The number of esters is 1. The first-order valence-electron chi connectivity index (χ1n) is 8.72. The zero-order chi connectivity index (χ0) is 20.6. The number of hydrogen-bond donors (Lipinski definition) is 0. The second-order valence-corrected chi connectivity index (χ2v) is 5.88. The topological polar surface area (TPSA) is 97.5 Å². The molecule has 146 valence electrons. The van der Waals surface area contributed by atoms with E-state index in [1.165, 1.54) is 16.7 Å². The number of carbonyl (C=O) groups is 2. The van der Waals surface area contributed by atoms with E-state index in [2.05, 4.69) is 5.10 Å². The Bertz CT molecular complexity index is 1030. The number of para-hydroxylation sites is 2. The van der Waals surface area contributed by atoms with Crippen molar-refractivity contribution in [3.63, 3.8) is 0 Å². The average Bonchev–Trinajstić information content (AvgIpc) is 3.21. The Morgan fingerprint density at radius 3 is 2.38 bits per heavy atom. The maximum absolute atomic E-state index is 12.5. The number of ether oxygens (including phenoxy) is 2. The Kier molecular flexibility index (Phi) is 6.22. The molecule has 0 bridgehead atoms. The van der Waals surface area contributed by atoms with Crippen molar-refractivity contribution in [2.75, 3.05) is 25.2 Å². The van der Waals surface area contributed by atoms with Crippen LogP contribution in [0.15, 0.2) is 66.9 Å². The summed E-state index contributed by atoms with van der Waals surface area (Å²) in [6, 6.07) is 19.8. The van der Waals surface area contributed by atoms with Gasteiger partial charge in [-0.3, -0.25) is 9.69 Å². The second-order valence-electron chi connectivity index (χ2n) is 5.88. The van der Waals surface area contributed by atoms with Crippen LogP contribution in [0.25, 0.3) is 5.69 Å². The minimum absolute atomic E-state index is 0.0457. The van der Waals surface area contributed by atoms with Crippen LogP contribution in [0.4, 0.5) is 5.69 Å². The summed E-state index contributed by atoms with van der Waals surface area (Å²) in [4.78, 5) is 26.2. The molecule has 3 aromatic rings. The van der Waals surface area contributed by atoms with Crippen molar-refractivity contribution < 1.29 is 19.1 Å². The fraction of sp³-hybridized carbons (Fsp3) is 0.143. The van der Waals surface area contributed by atoms with Crippen LogP contribution in [-0.2, 0) is 9.53 Å². The van der Waals surface area contributed by atoms with Gasteiger partial charge in [-0.2, -0.15) is 10.4 Å². The highest BCUT2D eigenvalue weighted by molar-refractivity contribution is 5.97. The number of benzene rings is 2. The van der Waals surface area contributed by atoms with Crippen LogP contribution < -0.4 is 9.64 Å². The SMILES string of the molecule is COc1cn(-c2ccccc2)nc1C(=O)OCC(=O)N(CC#N)c1ccccc1. The van der Waals surface area contributed by atoms with Gasteiger partial charge in [0.25, 0.3) is 5.91 Å². The van der Waals surface area contributed by atoms with Gasteiger partial charge < -0.3 is 9.47 Å². The Labute approximate surface area is 167 Å². The molecule has 0 aliphatic rings. The van der Waals surface area contributed by atoms with Crippen molar-refractivity contribution in [1.82, 2.24) is 9.78 Å². The molecular weight excluding hydrogens is 372 g/mol. The number of rotatable bonds is 7. The van der Waals surface area contributed by atoms with Gasteiger partial charge in [0.05, 0.1) is 25.1 Å². The molecule has 1 heterocycles. The van der Waals surface area contributed by atoms with Gasteiger partial charge in [-0.15, -0.1) is 0 Å². The van der Waals surface area contributed by atoms with E-state index in [1.807, 2.05) is 36.4 Å². The predicted molar refractivity (Wildman–Crippen MR) is 105 cm³/mol. The van der Waals surface area contributed by atoms with Crippen molar-refractivity contribution in [3.05, 3.63) is 72.6 Å². The summed E-state index contributed by atoms with van der Waals surface area (Å²) < 4.78 is 11.8. The zero-order valence-electron chi connectivity index (χ0n) is 15.7. The van der Waals surface area contributed by atoms with Crippen LogP contribution in [0, 0.1) is 11.3 Å². The number of amides is 1. The molecule has 29 heavy (non-hydrogen) atoms. The van der Waals surface area contributed by atoms with E-state index in [0.717, 1.165) is 5.69 Å². The van der Waals surface area contributed by atoms with Crippen LogP contribution in [0.5, 0.6) is 5.75 Å². The van der Waals surface area contributed by atoms with Gasteiger partial charge in [0.2, 0.25) is 5.69 Å². The molecule has 0 spiro atoms. The van der Waals surface area contributed by atoms with Crippen LogP contribution in [0.2, 0.25) is 0 Å². The van der Waals surface area contributed by atoms with Gasteiger partial charge >= 0.3 is 5.97 Å². The second kappa shape index (κ2) is 9.19. The van der Waals surface area contributed by atoms with Crippen molar-refractivity contribution in [1.29, 1.82) is 5.26 Å². The normalized spacial score (nSPS) is 10.1. The van der Waals surface area contributed by atoms with E-state index in [1.54, 1.807) is 36.5 Å². The highest BCUT2D eigenvalue weighted by atomic mass is 16.5. The highest BCUT2D eigenvalue weighted by Crippen LogP contribution is 2.20. The molecule has 0 saturated carbocycles. The molecular formula is C21H18N4O4. The smallest absolute Gasteiger partial charge is 0.363 e. The van der Waals surface area contributed by atoms with E-state index in [0.29, 0.717) is 5.69 Å². The molecule has 0 atom stereocenters. The summed E-state index contributed by atoms with van der Waals surface area (Å²) in [5.41, 5.74) is 1.24. The van der Waals surface area contributed by atoms with E-state index in [4.69, 9.17) is 14.7 Å². The molecule has 0 saturated heterocycles. The number of carbonyl (C=O) groups excluding carboxylic acids is 2. The molecule has 0 aliphatic heterocycles. The van der Waals surface area contributed by atoms with Crippen LogP contribution >= 0.6 is 0 Å². The minimum atomic E-state index is -0.796. The summed E-state index contributed by atoms with van der Waals surface area (Å²) in [7, 11) is 1.42. The third kappa shape index (κ3) is 4.59. The summed E-state index contributed by atoms with van der Waals surface area (Å²) >= 11 is 0. The molecule has 2 aromatic carbocycles. The first kappa shape index (κ1) is 19.6. The lowest BCUT2D eigenvalue weighted by Gasteiger charge is -2.19. The van der Waals surface area contributed by atoms with E-state index >= 15 is 0 Å². The molecule has 1 amide bonds. The fourth-order valence-corrected chi connectivity index (χ4v) is 2.64. The molecule has 8 heteroatoms. The fourth-order valence-electron chi connectivity index (χ4n) is 2.64. The Morgan fingerprint density at radius 1 is 1.10 bits per heavy atom. The monoisotopic (exact) mass is 390 g/mol. The lowest BCUT2D eigenvalue weighted by Crippen LogP contribution is -2.35. The molecule has 8 nitrogen and oxygen atoms in total. The molecule has 0 N–H and O–H groups in total. The minimum Gasteiger partial charge on any atom is -0.493 e. The average molecular weight is 390 g/mol. The molecule has 1 aromatic heterocycles. The standard InChI is InChI=1S/C21H18N4O4/c1-28-18-14-25(17-10-6-3-7-11-17)23-20(18)21(27)29-15-19(26)24(13-12-22)16-8-4-2-5-9-16/h2-11,14H,13,15H2,1H3. The van der Waals surface area contributed by atoms with Gasteiger partial charge in [-0.05, 0) is 24.3 Å². The largest absolute Gasteiger partial charge is 0.493 e. The third-order valence-corrected chi connectivity index (χ3v) is 4.04. The molecule has 0 aliphatic carbocycles. The van der Waals surface area contributed by atoms with E-state index < -0.39 is 18.5 Å². The van der Waals surface area contributed by atoms with Crippen LogP contribution in [0.1, 0.15) is 10.5 Å². The van der Waals surface area contributed by atoms with Crippen molar-refractivity contribution in [2.45, 2.75) is 0 Å². The first-order valence-corrected chi connectivity index (χ1v) is 8.72. The van der Waals surface area contributed by atoms with Crippen molar-refractivity contribution in [2.24, 2.45) is 0 Å². The molecule has 0 radical (unpaired) electrons. The summed E-state index contributed by atoms with van der Waals surface area (Å²) in [5, 5.41) is 13.2. The lowest BCUT2D eigenvalue weighted by atomic mass is 10.3. The summed E-state index contributed by atoms with van der Waals surface area (Å²) in [6.07, 6.45) is 1.56. The predicted octanol–water partition coefficient (Wildman–Crippen LogP) is 2.59. The van der Waals surface area contributed by atoms with Gasteiger partial charge in [-0.25, -0.2) is 9.48 Å². The van der Waals surface area contributed by atoms with E-state index in [-0.39, 0.29) is 18.0 Å². The van der Waals surface area contributed by atoms with Crippen LogP contribution in [0.3, 0.4) is 0 Å². The Hall–Kier alpha value is -4.12. The number of anilines is 1. The summed E-state index contributed by atoms with van der Waals surface area (Å²) in [5.74, 6) is -1.09. The lowest BCUT2D eigenvalue weighted by molar-refractivity contribution is -0.121. The summed E-state index contributed by atoms with van der Waals surface area (Å²) in [6.45, 7) is -0.691. The van der Waals surface area contributed by atoms with Crippen LogP contribution in [-0.4, -0.2) is 41.9 Å². The van der Waals surface area contributed by atoms with Gasteiger partial charge in [-0.1, -0.05) is 36.4 Å². The van der Waals surface area contributed by atoms with Crippen molar-refractivity contribution in [3.8, 4) is 17.5 Å². The number of methoxy groups -OCH3 is 1. The maximum Gasteiger partial charge on any atom is 0.363 e. The molecule has 0 unspecified atom stereocenters. The Morgan fingerprint density at radius 2 is 1.76 bits per heavy atom. The Balaban J connectivity index is 1.72. The number of aromatic nitrogens is 2. The first-order chi connectivity index (χ1) is 14.1. The number of hydrogen-bond acceptors (Lipinski definition) is 6. The van der Waals surface area contributed by atoms with Crippen molar-refractivity contribution >= 4 is 17.6 Å². The van der Waals surface area contributed by atoms with Gasteiger partial charge in [0, 0.05) is 5.69 Å². The highest BCUT2D eigenvalue weighted by Gasteiger charge is 2.23. The van der Waals surface area contributed by atoms with Gasteiger partial charge in [0.15, 0.2) is 12.4 Å². The third-order valence-electron chi connectivity index (χ3n) is 4.04. The molecule has 3 rings (SSSR count). The number of nitrogens with zero attached hydrogens (tertiary/aromatic N) is 4. The number of nitriles is 1. The van der Waals surface area contributed by atoms with Gasteiger partial charge in [0.1, 0.15) is 6.54 Å². The zero-order valence-corrected chi connectivity index (χ0v) is 15.7.